The summed E-state index contributed by atoms with van der Waals surface area (Å²) in [5, 5.41) is 6.99. The highest BCUT2D eigenvalue weighted by Crippen LogP contribution is 2.37. The highest BCUT2D eigenvalue weighted by atomic mass is 16.5. The van der Waals surface area contributed by atoms with Crippen molar-refractivity contribution >= 4 is 34.2 Å². The van der Waals surface area contributed by atoms with Crippen molar-refractivity contribution in [2.75, 3.05) is 24.4 Å². The van der Waals surface area contributed by atoms with Crippen molar-refractivity contribution in [1.29, 1.82) is 0 Å². The topological polar surface area (TPSA) is 98.1 Å². The molecule has 3 heterocycles. The Morgan fingerprint density at radius 2 is 1.97 bits per heavy atom. The number of fused-ring (bicyclic) bond motifs is 2. The zero-order valence-corrected chi connectivity index (χ0v) is 20.5. The molecule has 1 unspecified atom stereocenters. The molecule has 0 fully saturated rings. The summed E-state index contributed by atoms with van der Waals surface area (Å²) in [4.78, 5) is 33.2. The molecule has 1 atom stereocenters. The van der Waals surface area contributed by atoms with Crippen molar-refractivity contribution in [3.05, 3.63) is 83.4 Å². The Morgan fingerprint density at radius 3 is 2.81 bits per heavy atom. The van der Waals surface area contributed by atoms with E-state index in [0.717, 1.165) is 47.0 Å². The van der Waals surface area contributed by atoms with E-state index >= 15 is 0 Å². The van der Waals surface area contributed by atoms with E-state index < -0.39 is 0 Å². The van der Waals surface area contributed by atoms with E-state index in [4.69, 9.17) is 4.74 Å². The molecule has 4 aromatic rings. The number of carbonyl (C=O) groups is 2. The van der Waals surface area contributed by atoms with Crippen LogP contribution >= 0.6 is 0 Å². The third kappa shape index (κ3) is 4.99. The molecule has 36 heavy (non-hydrogen) atoms. The molecule has 1 aromatic carbocycles. The first-order valence-electron chi connectivity index (χ1n) is 12.1. The molecule has 0 saturated carbocycles. The van der Waals surface area contributed by atoms with E-state index in [9.17, 15) is 9.59 Å². The Hall–Kier alpha value is -4.04. The van der Waals surface area contributed by atoms with E-state index in [-0.39, 0.29) is 24.3 Å². The van der Waals surface area contributed by atoms with E-state index in [2.05, 4.69) is 32.7 Å². The minimum absolute atomic E-state index is 0.0938. The molecule has 1 aliphatic rings. The van der Waals surface area contributed by atoms with E-state index in [0.29, 0.717) is 12.4 Å². The number of hydrogen-bond acceptors (Lipinski definition) is 5. The minimum Gasteiger partial charge on any atom is -0.384 e. The number of amides is 2. The van der Waals surface area contributed by atoms with Gasteiger partial charge in [-0.3, -0.25) is 14.6 Å². The van der Waals surface area contributed by atoms with Crippen LogP contribution < -0.4 is 10.6 Å². The first kappa shape index (κ1) is 23.7. The molecular formula is C28H29N5O3. The molecular weight excluding hydrogens is 454 g/mol. The molecule has 8 heteroatoms. The van der Waals surface area contributed by atoms with Crippen LogP contribution in [0.3, 0.4) is 0 Å². The smallest absolute Gasteiger partial charge is 0.244 e. The molecule has 0 bridgehead atoms. The number of carbonyl (C=O) groups excluding carboxylic acids is 2. The first-order chi connectivity index (χ1) is 17.5. The molecule has 0 radical (unpaired) electrons. The fourth-order valence-corrected chi connectivity index (χ4v) is 5.05. The van der Waals surface area contributed by atoms with Crippen LogP contribution in [0.25, 0.3) is 10.9 Å². The average molecular weight is 484 g/mol. The van der Waals surface area contributed by atoms with Gasteiger partial charge >= 0.3 is 0 Å². The molecule has 0 aliphatic heterocycles. The van der Waals surface area contributed by atoms with Crippen molar-refractivity contribution in [3.8, 4) is 0 Å². The maximum Gasteiger partial charge on any atom is 0.244 e. The quantitative estimate of drug-likeness (QED) is 0.393. The SMILES string of the molecule is COCCc1cn(CC(=O)Nc2ccc3c(c2)CC(c2cccnc2NC(C)=O)C3)c2cnccc12. The molecule has 2 N–H and O–H groups in total. The predicted octanol–water partition coefficient (Wildman–Crippen LogP) is 4.10. The summed E-state index contributed by atoms with van der Waals surface area (Å²) in [6, 6.07) is 12.0. The average Bonchev–Trinajstić information content (AvgIpc) is 3.44. The number of hydrogen-bond donors (Lipinski definition) is 2. The maximum atomic E-state index is 13.0. The number of pyridine rings is 2. The first-order valence-corrected chi connectivity index (χ1v) is 12.1. The van der Waals surface area contributed by atoms with Crippen molar-refractivity contribution < 1.29 is 14.3 Å². The zero-order chi connectivity index (χ0) is 25.1. The summed E-state index contributed by atoms with van der Waals surface area (Å²) in [6.45, 7) is 2.31. The third-order valence-corrected chi connectivity index (χ3v) is 6.65. The molecule has 184 valence electrons. The molecule has 2 amide bonds. The van der Waals surface area contributed by atoms with Gasteiger partial charge in [0.05, 0.1) is 18.3 Å². The van der Waals surface area contributed by atoms with Crippen LogP contribution in [0.2, 0.25) is 0 Å². The second-order valence-corrected chi connectivity index (χ2v) is 9.18. The lowest BCUT2D eigenvalue weighted by atomic mass is 9.96. The highest BCUT2D eigenvalue weighted by molar-refractivity contribution is 5.92. The molecule has 0 spiro atoms. The van der Waals surface area contributed by atoms with Gasteiger partial charge in [0.15, 0.2) is 0 Å². The maximum absolute atomic E-state index is 13.0. The summed E-state index contributed by atoms with van der Waals surface area (Å²) in [7, 11) is 1.69. The van der Waals surface area contributed by atoms with Gasteiger partial charge in [-0.15, -0.1) is 0 Å². The normalized spacial score (nSPS) is 14.6. The van der Waals surface area contributed by atoms with Crippen molar-refractivity contribution in [3.63, 3.8) is 0 Å². The van der Waals surface area contributed by atoms with Crippen molar-refractivity contribution in [2.45, 2.75) is 38.6 Å². The zero-order valence-electron chi connectivity index (χ0n) is 20.5. The summed E-state index contributed by atoms with van der Waals surface area (Å²) >= 11 is 0. The van der Waals surface area contributed by atoms with Crippen molar-refractivity contribution in [1.82, 2.24) is 14.5 Å². The van der Waals surface area contributed by atoms with Crippen LogP contribution in [0.15, 0.2) is 61.2 Å². The molecule has 8 nitrogen and oxygen atoms in total. The third-order valence-electron chi connectivity index (χ3n) is 6.65. The molecule has 3 aromatic heterocycles. The van der Waals surface area contributed by atoms with Crippen molar-refractivity contribution in [2.24, 2.45) is 0 Å². The number of nitrogens with one attached hydrogen (secondary N) is 2. The number of rotatable bonds is 8. The van der Waals surface area contributed by atoms with Crippen LogP contribution in [-0.2, 0) is 40.1 Å². The number of benzene rings is 1. The second kappa shape index (κ2) is 10.3. The summed E-state index contributed by atoms with van der Waals surface area (Å²) in [5.74, 6) is 0.622. The lowest BCUT2D eigenvalue weighted by Gasteiger charge is -2.14. The van der Waals surface area contributed by atoms with E-state index in [1.54, 1.807) is 25.7 Å². The number of methoxy groups -OCH3 is 1. The van der Waals surface area contributed by atoms with Gasteiger partial charge in [-0.05, 0) is 71.7 Å². The lowest BCUT2D eigenvalue weighted by molar-refractivity contribution is -0.116. The van der Waals surface area contributed by atoms with Gasteiger partial charge in [-0.25, -0.2) is 4.98 Å². The largest absolute Gasteiger partial charge is 0.384 e. The minimum atomic E-state index is -0.132. The van der Waals surface area contributed by atoms with Gasteiger partial charge in [0.2, 0.25) is 11.8 Å². The van der Waals surface area contributed by atoms with Gasteiger partial charge in [-0.2, -0.15) is 0 Å². The van der Waals surface area contributed by atoms with Crippen LogP contribution in [0, 0.1) is 0 Å². The standard InChI is InChI=1S/C28H29N5O3/c1-18(34)31-28-25(4-3-9-30-28)22-12-19-5-6-23(14-21(19)13-22)32-27(35)17-33-16-20(8-11-36-2)24-7-10-29-15-26(24)33/h3-7,9-10,14-16,22H,8,11-13,17H2,1-2H3,(H,32,35)(H,30,31,34). The molecule has 1 aliphatic carbocycles. The summed E-state index contributed by atoms with van der Waals surface area (Å²) in [5.41, 5.74) is 6.34. The van der Waals surface area contributed by atoms with Crippen LogP contribution in [-0.4, -0.2) is 40.1 Å². The van der Waals surface area contributed by atoms with Gasteiger partial charge in [0.1, 0.15) is 12.4 Å². The monoisotopic (exact) mass is 483 g/mol. The molecule has 5 rings (SSSR count). The van der Waals surface area contributed by atoms with Gasteiger partial charge in [0, 0.05) is 43.7 Å². The summed E-state index contributed by atoms with van der Waals surface area (Å²) < 4.78 is 7.18. The fraction of sp³-hybridized carbons (Fsp3) is 0.286. The van der Waals surface area contributed by atoms with Gasteiger partial charge in [0.25, 0.3) is 0 Å². The van der Waals surface area contributed by atoms with Crippen LogP contribution in [0.1, 0.15) is 35.1 Å². The predicted molar refractivity (Wildman–Crippen MR) is 139 cm³/mol. The van der Waals surface area contributed by atoms with E-state index in [1.807, 2.05) is 35.0 Å². The number of nitrogens with zero attached hydrogens (tertiary/aromatic N) is 3. The Labute approximate surface area is 209 Å². The number of aromatic nitrogens is 3. The number of anilines is 2. The highest BCUT2D eigenvalue weighted by Gasteiger charge is 2.26. The second-order valence-electron chi connectivity index (χ2n) is 9.18. The summed E-state index contributed by atoms with van der Waals surface area (Å²) in [6.07, 6.45) is 9.74. The Morgan fingerprint density at radius 1 is 1.11 bits per heavy atom. The fourth-order valence-electron chi connectivity index (χ4n) is 5.05. The Balaban J connectivity index is 1.29. The lowest BCUT2D eigenvalue weighted by Crippen LogP contribution is -2.18. The molecule has 0 saturated heterocycles. The van der Waals surface area contributed by atoms with Gasteiger partial charge in [-0.1, -0.05) is 12.1 Å². The van der Waals surface area contributed by atoms with E-state index in [1.165, 1.54) is 18.1 Å². The van der Waals surface area contributed by atoms with Gasteiger partial charge < -0.3 is 19.9 Å². The Kier molecular flexibility index (Phi) is 6.77. The van der Waals surface area contributed by atoms with Crippen LogP contribution in [0.5, 0.6) is 0 Å². The Bertz CT molecular complexity index is 1430. The number of ether oxygens (including phenoxy) is 1. The van der Waals surface area contributed by atoms with Crippen LogP contribution in [0.4, 0.5) is 11.5 Å².